The maximum atomic E-state index is 11.4. The molecule has 0 saturated carbocycles. The van der Waals surface area contributed by atoms with E-state index < -0.39 is 5.38 Å². The number of carbonyl (C=O) groups excluding carboxylic acids is 1. The van der Waals surface area contributed by atoms with E-state index in [1.54, 1.807) is 25.1 Å². The Bertz CT molecular complexity index is 338. The Balaban J connectivity index is 3.09. The average molecular weight is 263 g/mol. The fourth-order valence-electron chi connectivity index (χ4n) is 0.972. The summed E-state index contributed by atoms with van der Waals surface area (Å²) in [5.41, 5.74) is 6.58. The first-order valence-electron chi connectivity index (χ1n) is 3.75. The summed E-state index contributed by atoms with van der Waals surface area (Å²) >= 11 is 8.92. The molecule has 0 bridgehead atoms. The molecule has 0 radical (unpaired) electrons. The Morgan fingerprint density at radius 1 is 1.62 bits per heavy atom. The van der Waals surface area contributed by atoms with Crippen molar-refractivity contribution in [3.63, 3.8) is 0 Å². The second kappa shape index (κ2) is 4.11. The summed E-state index contributed by atoms with van der Waals surface area (Å²) in [7, 11) is 0. The number of Topliss-reactive ketones (excluding diaryl/α,β-unsaturated/α-hetero) is 1. The smallest absolute Gasteiger partial charge is 0.182 e. The number of carbonyl (C=O) groups is 1. The Labute approximate surface area is 90.2 Å². The molecule has 1 aromatic rings. The third kappa shape index (κ3) is 2.45. The Hall–Kier alpha value is -0.540. The molecule has 0 aliphatic heterocycles. The largest absolute Gasteiger partial charge is 0.398 e. The summed E-state index contributed by atoms with van der Waals surface area (Å²) in [6.07, 6.45) is 0. The minimum Gasteiger partial charge on any atom is -0.398 e. The molecule has 0 aliphatic rings. The van der Waals surface area contributed by atoms with Crippen molar-refractivity contribution in [3.8, 4) is 0 Å². The number of nitrogens with two attached hydrogens (primary N) is 1. The van der Waals surface area contributed by atoms with Gasteiger partial charge in [0.25, 0.3) is 0 Å². The highest BCUT2D eigenvalue weighted by atomic mass is 79.9. The van der Waals surface area contributed by atoms with Gasteiger partial charge in [0, 0.05) is 15.7 Å². The van der Waals surface area contributed by atoms with E-state index >= 15 is 0 Å². The summed E-state index contributed by atoms with van der Waals surface area (Å²) in [6, 6.07) is 5.12. The van der Waals surface area contributed by atoms with E-state index in [2.05, 4.69) is 15.9 Å². The molecule has 0 aromatic heterocycles. The first kappa shape index (κ1) is 10.5. The van der Waals surface area contributed by atoms with Gasteiger partial charge in [-0.1, -0.05) is 15.9 Å². The van der Waals surface area contributed by atoms with E-state index in [-0.39, 0.29) is 5.78 Å². The fraction of sp³-hybridized carbons (Fsp3) is 0.222. The van der Waals surface area contributed by atoms with Gasteiger partial charge in [0.2, 0.25) is 0 Å². The van der Waals surface area contributed by atoms with Crippen LogP contribution in [0.5, 0.6) is 0 Å². The summed E-state index contributed by atoms with van der Waals surface area (Å²) in [5.74, 6) is -0.147. The molecule has 1 rings (SSSR count). The minimum absolute atomic E-state index is 0.147. The summed E-state index contributed by atoms with van der Waals surface area (Å²) < 4.78 is 0.851. The molecule has 70 valence electrons. The van der Waals surface area contributed by atoms with Gasteiger partial charge < -0.3 is 5.73 Å². The van der Waals surface area contributed by atoms with E-state index in [1.807, 2.05) is 0 Å². The Morgan fingerprint density at radius 2 is 2.23 bits per heavy atom. The first-order chi connectivity index (χ1) is 6.02. The predicted molar refractivity (Wildman–Crippen MR) is 58.2 cm³/mol. The van der Waals surface area contributed by atoms with Crippen LogP contribution in [-0.2, 0) is 0 Å². The van der Waals surface area contributed by atoms with Crippen LogP contribution in [0.1, 0.15) is 17.3 Å². The fourth-order valence-corrected chi connectivity index (χ4v) is 1.47. The van der Waals surface area contributed by atoms with Crippen molar-refractivity contribution in [2.45, 2.75) is 12.3 Å². The zero-order valence-electron chi connectivity index (χ0n) is 7.05. The molecule has 2 nitrogen and oxygen atoms in total. The van der Waals surface area contributed by atoms with Crippen LogP contribution in [0.2, 0.25) is 0 Å². The van der Waals surface area contributed by atoms with Crippen molar-refractivity contribution >= 4 is 39.0 Å². The van der Waals surface area contributed by atoms with Crippen molar-refractivity contribution in [1.29, 1.82) is 0 Å². The molecule has 0 heterocycles. The second-order valence-electron chi connectivity index (χ2n) is 2.71. The van der Waals surface area contributed by atoms with Crippen LogP contribution in [0.3, 0.4) is 0 Å². The Morgan fingerprint density at radius 3 is 2.69 bits per heavy atom. The maximum Gasteiger partial charge on any atom is 0.182 e. The van der Waals surface area contributed by atoms with Crippen LogP contribution in [-0.4, -0.2) is 11.2 Å². The molecule has 0 spiro atoms. The van der Waals surface area contributed by atoms with E-state index in [9.17, 15) is 4.79 Å². The highest BCUT2D eigenvalue weighted by Gasteiger charge is 2.14. The molecule has 1 unspecified atom stereocenters. The number of alkyl halides is 1. The van der Waals surface area contributed by atoms with Crippen molar-refractivity contribution in [2.24, 2.45) is 0 Å². The molecule has 2 N–H and O–H groups in total. The van der Waals surface area contributed by atoms with Crippen LogP contribution in [0.15, 0.2) is 22.7 Å². The van der Waals surface area contributed by atoms with Gasteiger partial charge >= 0.3 is 0 Å². The molecule has 1 aromatic carbocycles. The van der Waals surface area contributed by atoms with Crippen LogP contribution in [0.4, 0.5) is 5.69 Å². The number of hydrogen-bond donors (Lipinski definition) is 1. The highest BCUT2D eigenvalue weighted by molar-refractivity contribution is 9.10. The molecular weight excluding hydrogens is 253 g/mol. The third-order valence-corrected chi connectivity index (χ3v) is 2.33. The number of benzene rings is 1. The van der Waals surface area contributed by atoms with Crippen molar-refractivity contribution in [3.05, 3.63) is 28.2 Å². The number of nitrogen functional groups attached to an aromatic ring is 1. The highest BCUT2D eigenvalue weighted by Crippen LogP contribution is 2.20. The van der Waals surface area contributed by atoms with Crippen molar-refractivity contribution in [2.75, 3.05) is 5.73 Å². The molecule has 0 saturated heterocycles. The van der Waals surface area contributed by atoms with Gasteiger partial charge in [-0.15, -0.1) is 11.6 Å². The molecular formula is C9H9BrClNO. The van der Waals surface area contributed by atoms with Gasteiger partial charge in [0.15, 0.2) is 5.78 Å². The van der Waals surface area contributed by atoms with E-state index in [1.165, 1.54) is 0 Å². The van der Waals surface area contributed by atoms with Crippen LogP contribution >= 0.6 is 27.5 Å². The Kier molecular flexibility index (Phi) is 3.33. The van der Waals surface area contributed by atoms with Gasteiger partial charge in [0.1, 0.15) is 0 Å². The van der Waals surface area contributed by atoms with Crippen molar-refractivity contribution in [1.82, 2.24) is 0 Å². The SMILES string of the molecule is CC(Cl)C(=O)c1ccc(Br)cc1N. The van der Waals surface area contributed by atoms with Crippen LogP contribution in [0.25, 0.3) is 0 Å². The van der Waals surface area contributed by atoms with E-state index in [4.69, 9.17) is 17.3 Å². The lowest BCUT2D eigenvalue weighted by Crippen LogP contribution is -2.12. The summed E-state index contributed by atoms with van der Waals surface area (Å²) in [4.78, 5) is 11.4. The monoisotopic (exact) mass is 261 g/mol. The third-order valence-electron chi connectivity index (χ3n) is 1.64. The number of hydrogen-bond acceptors (Lipinski definition) is 2. The normalized spacial score (nSPS) is 12.5. The van der Waals surface area contributed by atoms with Gasteiger partial charge in [-0.3, -0.25) is 4.79 Å². The van der Waals surface area contributed by atoms with Gasteiger partial charge in [-0.2, -0.15) is 0 Å². The first-order valence-corrected chi connectivity index (χ1v) is 4.98. The lowest BCUT2D eigenvalue weighted by Gasteiger charge is -2.05. The number of ketones is 1. The number of halogens is 2. The average Bonchev–Trinajstić information content (AvgIpc) is 2.03. The van der Waals surface area contributed by atoms with E-state index in [0.717, 1.165) is 4.47 Å². The van der Waals surface area contributed by atoms with Crippen LogP contribution < -0.4 is 5.73 Å². The standard InChI is InChI=1S/C9H9BrClNO/c1-5(11)9(13)7-3-2-6(10)4-8(7)12/h2-5H,12H2,1H3. The summed E-state index contributed by atoms with van der Waals surface area (Å²) in [6.45, 7) is 1.63. The zero-order valence-corrected chi connectivity index (χ0v) is 9.39. The predicted octanol–water partition coefficient (Wildman–Crippen LogP) is 2.84. The van der Waals surface area contributed by atoms with Gasteiger partial charge in [-0.05, 0) is 25.1 Å². The number of rotatable bonds is 2. The van der Waals surface area contributed by atoms with Gasteiger partial charge in [-0.25, -0.2) is 0 Å². The molecule has 13 heavy (non-hydrogen) atoms. The second-order valence-corrected chi connectivity index (χ2v) is 4.28. The van der Waals surface area contributed by atoms with Crippen LogP contribution in [0, 0.1) is 0 Å². The lowest BCUT2D eigenvalue weighted by molar-refractivity contribution is 0.0992. The molecule has 4 heteroatoms. The number of anilines is 1. The zero-order chi connectivity index (χ0) is 10.0. The maximum absolute atomic E-state index is 11.4. The molecule has 0 fully saturated rings. The molecule has 0 aliphatic carbocycles. The molecule has 1 atom stereocenters. The summed E-state index contributed by atoms with van der Waals surface area (Å²) in [5, 5.41) is -0.538. The van der Waals surface area contributed by atoms with Crippen molar-refractivity contribution < 1.29 is 4.79 Å². The minimum atomic E-state index is -0.538. The topological polar surface area (TPSA) is 43.1 Å². The van der Waals surface area contributed by atoms with E-state index in [0.29, 0.717) is 11.3 Å². The lowest BCUT2D eigenvalue weighted by atomic mass is 10.1. The quantitative estimate of drug-likeness (QED) is 0.506. The molecule has 0 amide bonds. The van der Waals surface area contributed by atoms with Gasteiger partial charge in [0.05, 0.1) is 5.38 Å².